The molecule has 5 nitrogen and oxygen atoms in total. The third kappa shape index (κ3) is 4.98. The number of halogens is 2. The van der Waals surface area contributed by atoms with Gasteiger partial charge in [0.25, 0.3) is 0 Å². The molecule has 34 heavy (non-hydrogen) atoms. The van der Waals surface area contributed by atoms with Crippen LogP contribution < -0.4 is 5.32 Å². The third-order valence-corrected chi connectivity index (χ3v) is 6.73. The number of rotatable bonds is 6. The van der Waals surface area contributed by atoms with Crippen molar-refractivity contribution in [3.63, 3.8) is 0 Å². The largest absolute Gasteiger partial charge is 0.382 e. The summed E-state index contributed by atoms with van der Waals surface area (Å²) in [6.07, 6.45) is 5.15. The standard InChI is InChI=1S/C27H29ClFN5/c1-17-11-18(2)16-34(15-17)10-9-30-20-13-26-25(32-14-20)6-5-24(33-26)21-7-8-31-27(21)22-12-19(28)3-4-23(22)29/h3-7,12-14,17-18,30H,8-11,15-16H2,1-2H3/t17-,18+. The first-order valence-corrected chi connectivity index (χ1v) is 12.3. The number of aromatic nitrogens is 2. The fourth-order valence-electron chi connectivity index (χ4n) is 5.13. The first-order chi connectivity index (χ1) is 16.5. The van der Waals surface area contributed by atoms with Gasteiger partial charge in [-0.15, -0.1) is 0 Å². The Morgan fingerprint density at radius 2 is 1.91 bits per heavy atom. The molecule has 1 saturated heterocycles. The van der Waals surface area contributed by atoms with Crippen molar-refractivity contribution in [2.45, 2.75) is 20.3 Å². The van der Waals surface area contributed by atoms with Crippen LogP contribution in [0.4, 0.5) is 10.1 Å². The van der Waals surface area contributed by atoms with Crippen LogP contribution in [0.2, 0.25) is 5.02 Å². The molecule has 176 valence electrons. The molecule has 0 bridgehead atoms. The number of fused-ring (bicyclic) bond motifs is 1. The fourth-order valence-corrected chi connectivity index (χ4v) is 5.30. The van der Waals surface area contributed by atoms with Crippen LogP contribution in [-0.2, 0) is 0 Å². The van der Waals surface area contributed by atoms with E-state index in [-0.39, 0.29) is 5.82 Å². The smallest absolute Gasteiger partial charge is 0.132 e. The molecule has 0 amide bonds. The number of pyridine rings is 2. The van der Waals surface area contributed by atoms with E-state index < -0.39 is 0 Å². The van der Waals surface area contributed by atoms with Crippen molar-refractivity contribution in [1.82, 2.24) is 14.9 Å². The molecule has 3 aromatic rings. The van der Waals surface area contributed by atoms with E-state index >= 15 is 0 Å². The zero-order valence-corrected chi connectivity index (χ0v) is 20.3. The van der Waals surface area contributed by atoms with Gasteiger partial charge in [0.1, 0.15) is 5.82 Å². The molecule has 0 radical (unpaired) electrons. The van der Waals surface area contributed by atoms with Crippen LogP contribution in [0.25, 0.3) is 16.6 Å². The van der Waals surface area contributed by atoms with Gasteiger partial charge in [-0.25, -0.2) is 9.37 Å². The first-order valence-electron chi connectivity index (χ1n) is 11.9. The van der Waals surface area contributed by atoms with Crippen molar-refractivity contribution in [2.24, 2.45) is 16.8 Å². The summed E-state index contributed by atoms with van der Waals surface area (Å²) in [6.45, 7) is 9.37. The molecule has 2 aliphatic rings. The molecule has 0 unspecified atom stereocenters. The second-order valence-corrected chi connectivity index (χ2v) is 9.96. The average Bonchev–Trinajstić information content (AvgIpc) is 3.29. The summed E-state index contributed by atoms with van der Waals surface area (Å²) in [6, 6.07) is 10.4. The molecule has 7 heteroatoms. The number of nitrogens with one attached hydrogen (secondary N) is 1. The lowest BCUT2D eigenvalue weighted by atomic mass is 9.92. The van der Waals surface area contributed by atoms with Crippen molar-refractivity contribution in [1.29, 1.82) is 0 Å². The first kappa shape index (κ1) is 22.9. The molecule has 1 fully saturated rings. The van der Waals surface area contributed by atoms with E-state index in [1.807, 2.05) is 30.5 Å². The number of piperidine rings is 1. The third-order valence-electron chi connectivity index (χ3n) is 6.50. The monoisotopic (exact) mass is 477 g/mol. The van der Waals surface area contributed by atoms with Crippen LogP contribution in [0.3, 0.4) is 0 Å². The second kappa shape index (κ2) is 9.80. The van der Waals surface area contributed by atoms with Gasteiger partial charge in [-0.1, -0.05) is 31.5 Å². The van der Waals surface area contributed by atoms with Gasteiger partial charge in [0.15, 0.2) is 0 Å². The van der Waals surface area contributed by atoms with E-state index in [9.17, 15) is 4.39 Å². The summed E-state index contributed by atoms with van der Waals surface area (Å²) < 4.78 is 14.5. The predicted molar refractivity (Wildman–Crippen MR) is 138 cm³/mol. The van der Waals surface area contributed by atoms with Gasteiger partial charge in [-0.3, -0.25) is 9.98 Å². The Labute approximate surface area is 204 Å². The topological polar surface area (TPSA) is 53.4 Å². The Morgan fingerprint density at radius 1 is 1.09 bits per heavy atom. The Balaban J connectivity index is 1.32. The minimum absolute atomic E-state index is 0.345. The molecule has 2 aromatic heterocycles. The van der Waals surface area contributed by atoms with Gasteiger partial charge in [-0.05, 0) is 54.7 Å². The molecular weight excluding hydrogens is 449 g/mol. The van der Waals surface area contributed by atoms with Crippen molar-refractivity contribution in [2.75, 3.05) is 38.0 Å². The predicted octanol–water partition coefficient (Wildman–Crippen LogP) is 5.70. The Morgan fingerprint density at radius 3 is 2.74 bits per heavy atom. The van der Waals surface area contributed by atoms with E-state index in [1.54, 1.807) is 12.1 Å². The molecule has 0 spiro atoms. The van der Waals surface area contributed by atoms with Crippen LogP contribution in [0.1, 0.15) is 31.5 Å². The molecule has 4 heterocycles. The highest BCUT2D eigenvalue weighted by Gasteiger charge is 2.22. The van der Waals surface area contributed by atoms with Gasteiger partial charge >= 0.3 is 0 Å². The van der Waals surface area contributed by atoms with Crippen LogP contribution >= 0.6 is 11.6 Å². The zero-order valence-electron chi connectivity index (χ0n) is 19.6. The maximum Gasteiger partial charge on any atom is 0.132 e. The van der Waals surface area contributed by atoms with E-state index in [0.717, 1.165) is 52.9 Å². The van der Waals surface area contributed by atoms with Gasteiger partial charge in [-0.2, -0.15) is 0 Å². The minimum Gasteiger partial charge on any atom is -0.382 e. The van der Waals surface area contributed by atoms with Gasteiger partial charge in [0.05, 0.1) is 40.9 Å². The highest BCUT2D eigenvalue weighted by molar-refractivity contribution is 6.35. The Kier molecular flexibility index (Phi) is 6.61. The lowest BCUT2D eigenvalue weighted by Crippen LogP contribution is -2.41. The van der Waals surface area contributed by atoms with Crippen LogP contribution in [0.15, 0.2) is 53.7 Å². The van der Waals surface area contributed by atoms with Crippen LogP contribution in [0, 0.1) is 17.7 Å². The van der Waals surface area contributed by atoms with E-state index in [4.69, 9.17) is 16.6 Å². The molecule has 1 N–H and O–H groups in total. The molecule has 2 aliphatic heterocycles. The number of nitrogens with zero attached hydrogens (tertiary/aromatic N) is 4. The number of aliphatic imine (C=N–C) groups is 1. The molecule has 5 rings (SSSR count). The van der Waals surface area contributed by atoms with Crippen molar-refractivity contribution < 1.29 is 4.39 Å². The molecule has 0 aliphatic carbocycles. The highest BCUT2D eigenvalue weighted by atomic mass is 35.5. The number of hydrogen-bond acceptors (Lipinski definition) is 5. The highest BCUT2D eigenvalue weighted by Crippen LogP contribution is 2.28. The zero-order chi connectivity index (χ0) is 23.7. The van der Waals surface area contributed by atoms with Crippen LogP contribution in [0.5, 0.6) is 0 Å². The molecule has 1 aromatic carbocycles. The van der Waals surface area contributed by atoms with Gasteiger partial charge in [0.2, 0.25) is 0 Å². The number of likely N-dealkylation sites (tertiary alicyclic amines) is 1. The SMILES string of the molecule is C[C@@H]1C[C@H](C)CN(CCNc2cnc3ccc(C4=CCN=C4c4cc(Cl)ccc4F)nc3c2)C1. The maximum absolute atomic E-state index is 14.5. The fraction of sp³-hybridized carbons (Fsp3) is 0.370. The van der Waals surface area contributed by atoms with Gasteiger partial charge in [0, 0.05) is 42.3 Å². The van der Waals surface area contributed by atoms with Crippen molar-refractivity contribution in [3.8, 4) is 0 Å². The lowest BCUT2D eigenvalue weighted by Gasteiger charge is -2.35. The summed E-state index contributed by atoms with van der Waals surface area (Å²) >= 11 is 6.11. The van der Waals surface area contributed by atoms with Gasteiger partial charge < -0.3 is 10.2 Å². The maximum atomic E-state index is 14.5. The molecule has 2 atom stereocenters. The minimum atomic E-state index is -0.345. The van der Waals surface area contributed by atoms with E-state index in [2.05, 4.69) is 34.0 Å². The normalized spacial score (nSPS) is 20.9. The number of benzene rings is 1. The summed E-state index contributed by atoms with van der Waals surface area (Å²) in [5, 5.41) is 3.98. The Bertz CT molecular complexity index is 1260. The number of allylic oxidation sites excluding steroid dienone is 1. The summed E-state index contributed by atoms with van der Waals surface area (Å²) in [7, 11) is 0. The summed E-state index contributed by atoms with van der Waals surface area (Å²) in [4.78, 5) is 16.5. The summed E-state index contributed by atoms with van der Waals surface area (Å²) in [5.74, 6) is 1.17. The Hall–Kier alpha value is -2.83. The lowest BCUT2D eigenvalue weighted by molar-refractivity contribution is 0.146. The molecular formula is C27H29ClFN5. The quantitative estimate of drug-likeness (QED) is 0.495. The van der Waals surface area contributed by atoms with Crippen LogP contribution in [-0.4, -0.2) is 53.3 Å². The van der Waals surface area contributed by atoms with E-state index in [0.29, 0.717) is 22.8 Å². The average molecular weight is 478 g/mol. The molecule has 0 saturated carbocycles. The van der Waals surface area contributed by atoms with E-state index in [1.165, 1.54) is 25.6 Å². The number of anilines is 1. The number of hydrogen-bond donors (Lipinski definition) is 1. The van der Waals surface area contributed by atoms with Crippen molar-refractivity contribution >= 4 is 39.6 Å². The second-order valence-electron chi connectivity index (χ2n) is 9.52. The van der Waals surface area contributed by atoms with Crippen molar-refractivity contribution in [3.05, 3.63) is 70.8 Å². The summed E-state index contributed by atoms with van der Waals surface area (Å²) in [5.41, 5.74) is 5.10.